The zero-order valence-corrected chi connectivity index (χ0v) is 16.5. The largest absolute Gasteiger partial charge is 0.331 e. The van der Waals surface area contributed by atoms with Gasteiger partial charge in [0.2, 0.25) is 5.91 Å². The Hall–Kier alpha value is -3.72. The molecule has 0 saturated carbocycles. The number of nitrogens with zero attached hydrogens (tertiary/aromatic N) is 5. The standard InChI is InChI=1S/C20H14ClN5O4/c1-23-16(27)10-25(20(23)30)15-6-11(21)7-24-8-12(22-17(15)24)9-26-18(28)13-4-2-3-5-14(13)19(26)29/h2-8H,9-10H2,1H3. The van der Waals surface area contributed by atoms with Crippen molar-refractivity contribution in [1.29, 1.82) is 0 Å². The zero-order chi connectivity index (χ0) is 21.2. The summed E-state index contributed by atoms with van der Waals surface area (Å²) >= 11 is 6.21. The number of likely N-dealkylation sites (N-methyl/N-ethyl adjacent to an activating group) is 1. The number of imidazole rings is 1. The maximum Gasteiger partial charge on any atom is 0.331 e. The molecule has 0 unspecified atom stereocenters. The average Bonchev–Trinajstić information content (AvgIpc) is 3.33. The summed E-state index contributed by atoms with van der Waals surface area (Å²) in [4.78, 5) is 57.6. The van der Waals surface area contributed by atoms with Gasteiger partial charge in [-0.15, -0.1) is 0 Å². The van der Waals surface area contributed by atoms with E-state index in [1.165, 1.54) is 11.9 Å². The van der Waals surface area contributed by atoms with Crippen LogP contribution in [0.3, 0.4) is 0 Å². The van der Waals surface area contributed by atoms with E-state index >= 15 is 0 Å². The van der Waals surface area contributed by atoms with Crippen molar-refractivity contribution >= 4 is 46.7 Å². The van der Waals surface area contributed by atoms with Crippen molar-refractivity contribution in [2.24, 2.45) is 0 Å². The molecule has 1 aromatic carbocycles. The molecular formula is C20H14ClN5O4. The van der Waals surface area contributed by atoms with E-state index < -0.39 is 6.03 Å². The number of carbonyl (C=O) groups excluding carboxylic acids is 4. The van der Waals surface area contributed by atoms with Crippen molar-refractivity contribution < 1.29 is 19.2 Å². The molecule has 30 heavy (non-hydrogen) atoms. The van der Waals surface area contributed by atoms with Crippen molar-refractivity contribution in [2.75, 3.05) is 18.5 Å². The number of anilines is 1. The molecule has 10 heteroatoms. The van der Waals surface area contributed by atoms with Crippen LogP contribution in [0.4, 0.5) is 10.5 Å². The molecule has 0 radical (unpaired) electrons. The molecule has 2 aromatic heterocycles. The van der Waals surface area contributed by atoms with E-state index in [9.17, 15) is 19.2 Å². The molecule has 4 heterocycles. The van der Waals surface area contributed by atoms with Gasteiger partial charge >= 0.3 is 6.03 Å². The quantitative estimate of drug-likeness (QED) is 0.475. The highest BCUT2D eigenvalue weighted by atomic mass is 35.5. The fourth-order valence-electron chi connectivity index (χ4n) is 3.70. The van der Waals surface area contributed by atoms with Gasteiger partial charge in [0, 0.05) is 19.4 Å². The molecular weight excluding hydrogens is 410 g/mol. The second-order valence-electron chi connectivity index (χ2n) is 7.07. The molecule has 5 amide bonds. The summed E-state index contributed by atoms with van der Waals surface area (Å²) in [5.41, 5.74) is 1.93. The Balaban J connectivity index is 1.52. The van der Waals surface area contributed by atoms with Crippen LogP contribution in [0, 0.1) is 0 Å². The number of hydrogen-bond acceptors (Lipinski definition) is 5. The van der Waals surface area contributed by atoms with E-state index in [0.29, 0.717) is 33.2 Å². The number of hydrogen-bond donors (Lipinski definition) is 0. The monoisotopic (exact) mass is 423 g/mol. The van der Waals surface area contributed by atoms with Gasteiger partial charge in [0.05, 0.1) is 34.1 Å². The van der Waals surface area contributed by atoms with E-state index in [1.54, 1.807) is 47.1 Å². The lowest BCUT2D eigenvalue weighted by atomic mass is 10.1. The molecule has 0 aliphatic carbocycles. The molecule has 9 nitrogen and oxygen atoms in total. The first-order valence-electron chi connectivity index (χ1n) is 9.05. The van der Waals surface area contributed by atoms with Gasteiger partial charge < -0.3 is 4.40 Å². The molecule has 0 atom stereocenters. The first-order valence-corrected chi connectivity index (χ1v) is 9.43. The van der Waals surface area contributed by atoms with Crippen LogP contribution in [-0.4, -0.2) is 56.5 Å². The number of benzene rings is 1. The Morgan fingerprint density at radius 3 is 2.30 bits per heavy atom. The average molecular weight is 424 g/mol. The van der Waals surface area contributed by atoms with Gasteiger partial charge in [-0.3, -0.25) is 29.1 Å². The summed E-state index contributed by atoms with van der Waals surface area (Å²) in [6.45, 7) is -0.149. The molecule has 1 fully saturated rings. The number of urea groups is 1. The van der Waals surface area contributed by atoms with Crippen molar-refractivity contribution in [1.82, 2.24) is 19.2 Å². The number of halogens is 1. The summed E-state index contributed by atoms with van der Waals surface area (Å²) in [7, 11) is 1.41. The van der Waals surface area contributed by atoms with Crippen LogP contribution in [0.2, 0.25) is 5.02 Å². The van der Waals surface area contributed by atoms with E-state index in [1.807, 2.05) is 0 Å². The third-order valence-corrected chi connectivity index (χ3v) is 5.43. The molecule has 0 spiro atoms. The predicted octanol–water partition coefficient (Wildman–Crippen LogP) is 2.18. The Morgan fingerprint density at radius 1 is 1.03 bits per heavy atom. The molecule has 5 rings (SSSR count). The van der Waals surface area contributed by atoms with E-state index in [0.717, 1.165) is 9.80 Å². The summed E-state index contributed by atoms with van der Waals surface area (Å²) in [6, 6.07) is 7.72. The van der Waals surface area contributed by atoms with Crippen LogP contribution in [0.5, 0.6) is 0 Å². The number of amides is 5. The van der Waals surface area contributed by atoms with E-state index in [-0.39, 0.29) is 30.8 Å². The normalized spacial score (nSPS) is 16.4. The van der Waals surface area contributed by atoms with Crippen LogP contribution in [0.15, 0.2) is 42.7 Å². The number of aromatic nitrogens is 2. The molecule has 2 aliphatic rings. The number of pyridine rings is 1. The lowest BCUT2D eigenvalue weighted by Gasteiger charge is -2.16. The number of carbonyl (C=O) groups is 4. The second kappa shape index (κ2) is 6.39. The SMILES string of the molecule is CN1C(=O)CN(c2cc(Cl)cn3cc(CN4C(=O)c5ccccc5C4=O)nc23)C1=O. The minimum atomic E-state index is -0.478. The van der Waals surface area contributed by atoms with E-state index in [2.05, 4.69) is 4.98 Å². The van der Waals surface area contributed by atoms with E-state index in [4.69, 9.17) is 11.6 Å². The highest BCUT2D eigenvalue weighted by Gasteiger charge is 2.37. The van der Waals surface area contributed by atoms with Gasteiger partial charge in [-0.2, -0.15) is 0 Å². The van der Waals surface area contributed by atoms with Crippen LogP contribution in [0.25, 0.3) is 5.65 Å². The third-order valence-electron chi connectivity index (χ3n) is 5.22. The lowest BCUT2D eigenvalue weighted by molar-refractivity contribution is -0.123. The highest BCUT2D eigenvalue weighted by molar-refractivity contribution is 6.31. The molecule has 3 aromatic rings. The van der Waals surface area contributed by atoms with Gasteiger partial charge in [0.25, 0.3) is 11.8 Å². The van der Waals surface area contributed by atoms with Crippen molar-refractivity contribution in [3.05, 3.63) is 64.6 Å². The fraction of sp³-hybridized carbons (Fsp3) is 0.150. The van der Waals surface area contributed by atoms with Crippen molar-refractivity contribution in [2.45, 2.75) is 6.54 Å². The third kappa shape index (κ3) is 2.59. The molecule has 150 valence electrons. The minimum Gasteiger partial charge on any atom is -0.304 e. The number of imide groups is 2. The van der Waals surface area contributed by atoms with Crippen LogP contribution >= 0.6 is 11.6 Å². The van der Waals surface area contributed by atoms with Crippen molar-refractivity contribution in [3.63, 3.8) is 0 Å². The molecule has 1 saturated heterocycles. The summed E-state index contributed by atoms with van der Waals surface area (Å²) in [5, 5.41) is 0.344. The minimum absolute atomic E-state index is 0.0299. The van der Waals surface area contributed by atoms with Gasteiger partial charge in [-0.25, -0.2) is 9.78 Å². The molecule has 0 N–H and O–H groups in total. The lowest BCUT2D eigenvalue weighted by Crippen LogP contribution is -2.30. The first kappa shape index (κ1) is 18.3. The smallest absolute Gasteiger partial charge is 0.304 e. The Kier molecular flexibility index (Phi) is 3.90. The Morgan fingerprint density at radius 2 is 1.70 bits per heavy atom. The van der Waals surface area contributed by atoms with Gasteiger partial charge in [0.1, 0.15) is 6.54 Å². The van der Waals surface area contributed by atoms with Crippen LogP contribution in [-0.2, 0) is 11.3 Å². The summed E-state index contributed by atoms with van der Waals surface area (Å²) in [6.07, 6.45) is 3.24. The highest BCUT2D eigenvalue weighted by Crippen LogP contribution is 2.30. The summed E-state index contributed by atoms with van der Waals surface area (Å²) in [5.74, 6) is -1.10. The predicted molar refractivity (Wildman–Crippen MR) is 106 cm³/mol. The number of rotatable bonds is 3. The maximum atomic E-state index is 12.6. The Bertz CT molecular complexity index is 1250. The van der Waals surface area contributed by atoms with Gasteiger partial charge in [-0.1, -0.05) is 23.7 Å². The second-order valence-corrected chi connectivity index (χ2v) is 7.51. The van der Waals surface area contributed by atoms with Crippen molar-refractivity contribution in [3.8, 4) is 0 Å². The first-order chi connectivity index (χ1) is 14.3. The van der Waals surface area contributed by atoms with Crippen LogP contribution < -0.4 is 4.90 Å². The number of fused-ring (bicyclic) bond motifs is 2. The molecule has 0 bridgehead atoms. The topological polar surface area (TPSA) is 95.3 Å². The Labute approximate surface area is 175 Å². The van der Waals surface area contributed by atoms with Crippen LogP contribution in [0.1, 0.15) is 26.4 Å². The summed E-state index contributed by atoms with van der Waals surface area (Å²) < 4.78 is 1.61. The fourth-order valence-corrected chi connectivity index (χ4v) is 3.91. The maximum absolute atomic E-state index is 12.6. The van der Waals surface area contributed by atoms with Gasteiger partial charge in [0.15, 0.2) is 5.65 Å². The zero-order valence-electron chi connectivity index (χ0n) is 15.7. The molecule has 2 aliphatic heterocycles. The van der Waals surface area contributed by atoms with Gasteiger partial charge in [-0.05, 0) is 18.2 Å².